The molecular weight excluding hydrogens is 282 g/mol. The number of fused-ring (bicyclic) bond motifs is 1. The smallest absolute Gasteiger partial charge is 0.330 e. The van der Waals surface area contributed by atoms with Gasteiger partial charge in [-0.25, -0.2) is 9.78 Å². The Labute approximate surface area is 129 Å². The van der Waals surface area contributed by atoms with Gasteiger partial charge in [-0.15, -0.1) is 0 Å². The van der Waals surface area contributed by atoms with Crippen LogP contribution in [0.25, 0.3) is 11.2 Å². The minimum absolute atomic E-state index is 0.00865. The van der Waals surface area contributed by atoms with Crippen LogP contribution < -0.4 is 17.0 Å². The average molecular weight is 307 g/mol. The van der Waals surface area contributed by atoms with Gasteiger partial charge in [0.2, 0.25) is 0 Å². The van der Waals surface area contributed by atoms with Crippen LogP contribution in [0.3, 0.4) is 0 Å². The molecule has 0 radical (unpaired) electrons. The minimum atomic E-state index is -0.280. The zero-order valence-electron chi connectivity index (χ0n) is 13.8. The Morgan fingerprint density at radius 3 is 2.50 bits per heavy atom. The number of hydrogen-bond donors (Lipinski definition) is 1. The Kier molecular flexibility index (Phi) is 4.85. The molecule has 2 aromatic heterocycles. The summed E-state index contributed by atoms with van der Waals surface area (Å²) in [6, 6.07) is -0.00865. The highest BCUT2D eigenvalue weighted by atomic mass is 16.2. The molecule has 22 heavy (non-hydrogen) atoms. The van der Waals surface area contributed by atoms with E-state index < -0.39 is 0 Å². The molecular formula is C15H25N5O2. The van der Waals surface area contributed by atoms with Crippen LogP contribution in [-0.2, 0) is 20.0 Å². The van der Waals surface area contributed by atoms with Crippen molar-refractivity contribution >= 4 is 11.2 Å². The topological polar surface area (TPSA) is 87.8 Å². The maximum absolute atomic E-state index is 12.6. The van der Waals surface area contributed by atoms with Crippen molar-refractivity contribution in [2.24, 2.45) is 12.8 Å². The third kappa shape index (κ3) is 2.49. The summed E-state index contributed by atoms with van der Waals surface area (Å²) in [4.78, 5) is 29.8. The standard InChI is InChI=1S/C15H25N5O2/c1-5-10(3)20-13-12(14(21)19(6-2)15(20)22)18(4)11(17-13)8-7-9-16/h10H,5-9,16H2,1-4H3. The molecule has 0 saturated carbocycles. The van der Waals surface area contributed by atoms with Crippen molar-refractivity contribution < 1.29 is 0 Å². The highest BCUT2D eigenvalue weighted by Crippen LogP contribution is 2.16. The van der Waals surface area contributed by atoms with Crippen molar-refractivity contribution in [3.8, 4) is 0 Å². The predicted octanol–water partition coefficient (Wildman–Crippen LogP) is 0.779. The predicted molar refractivity (Wildman–Crippen MR) is 87.3 cm³/mol. The van der Waals surface area contributed by atoms with Gasteiger partial charge >= 0.3 is 5.69 Å². The molecule has 7 heteroatoms. The van der Waals surface area contributed by atoms with Crippen LogP contribution in [0.1, 0.15) is 45.5 Å². The summed E-state index contributed by atoms with van der Waals surface area (Å²) >= 11 is 0. The van der Waals surface area contributed by atoms with E-state index in [0.717, 1.165) is 18.7 Å². The van der Waals surface area contributed by atoms with Gasteiger partial charge in [0.15, 0.2) is 11.2 Å². The number of imidazole rings is 1. The van der Waals surface area contributed by atoms with Gasteiger partial charge in [-0.1, -0.05) is 6.92 Å². The lowest BCUT2D eigenvalue weighted by atomic mass is 10.2. The molecule has 2 N–H and O–H groups in total. The highest BCUT2D eigenvalue weighted by molar-refractivity contribution is 5.71. The zero-order chi connectivity index (χ0) is 16.4. The fourth-order valence-corrected chi connectivity index (χ4v) is 2.71. The number of nitrogens with two attached hydrogens (primary N) is 1. The van der Waals surface area contributed by atoms with E-state index in [0.29, 0.717) is 30.7 Å². The summed E-state index contributed by atoms with van der Waals surface area (Å²) < 4.78 is 4.73. The van der Waals surface area contributed by atoms with Crippen LogP contribution in [0.2, 0.25) is 0 Å². The second-order valence-electron chi connectivity index (χ2n) is 5.61. The Balaban J connectivity index is 2.87. The van der Waals surface area contributed by atoms with Crippen molar-refractivity contribution in [3.05, 3.63) is 26.7 Å². The third-order valence-electron chi connectivity index (χ3n) is 4.23. The lowest BCUT2D eigenvalue weighted by Gasteiger charge is -2.15. The summed E-state index contributed by atoms with van der Waals surface area (Å²) in [5, 5.41) is 0. The van der Waals surface area contributed by atoms with Crippen LogP contribution in [-0.4, -0.2) is 25.2 Å². The number of hydrogen-bond acceptors (Lipinski definition) is 4. The van der Waals surface area contributed by atoms with Crippen molar-refractivity contribution in [2.45, 2.75) is 52.6 Å². The van der Waals surface area contributed by atoms with E-state index >= 15 is 0 Å². The molecule has 0 aliphatic rings. The number of rotatable bonds is 6. The van der Waals surface area contributed by atoms with Crippen LogP contribution in [0.15, 0.2) is 9.59 Å². The Hall–Kier alpha value is -1.89. The molecule has 0 aliphatic heterocycles. The molecule has 0 spiro atoms. The quantitative estimate of drug-likeness (QED) is 0.854. The first-order valence-electron chi connectivity index (χ1n) is 7.88. The molecule has 1 unspecified atom stereocenters. The summed E-state index contributed by atoms with van der Waals surface area (Å²) in [7, 11) is 1.83. The van der Waals surface area contributed by atoms with Crippen molar-refractivity contribution in [3.63, 3.8) is 0 Å². The lowest BCUT2D eigenvalue weighted by molar-refractivity contribution is 0.489. The van der Waals surface area contributed by atoms with Gasteiger partial charge in [0.05, 0.1) is 0 Å². The van der Waals surface area contributed by atoms with E-state index in [9.17, 15) is 9.59 Å². The number of aromatic nitrogens is 4. The summed E-state index contributed by atoms with van der Waals surface area (Å²) in [5.41, 5.74) is 6.00. The average Bonchev–Trinajstić information content (AvgIpc) is 2.82. The van der Waals surface area contributed by atoms with E-state index in [1.807, 2.05) is 20.9 Å². The van der Waals surface area contributed by atoms with Gasteiger partial charge in [-0.05, 0) is 33.2 Å². The minimum Gasteiger partial charge on any atom is -0.330 e. The Morgan fingerprint density at radius 2 is 1.95 bits per heavy atom. The highest BCUT2D eigenvalue weighted by Gasteiger charge is 2.21. The van der Waals surface area contributed by atoms with Crippen LogP contribution >= 0.6 is 0 Å². The van der Waals surface area contributed by atoms with Gasteiger partial charge in [0, 0.05) is 26.1 Å². The van der Waals surface area contributed by atoms with Crippen molar-refractivity contribution in [1.29, 1.82) is 0 Å². The molecule has 1 atom stereocenters. The fraction of sp³-hybridized carbons (Fsp3) is 0.667. The monoisotopic (exact) mass is 307 g/mol. The van der Waals surface area contributed by atoms with Gasteiger partial charge in [0.25, 0.3) is 5.56 Å². The van der Waals surface area contributed by atoms with Crippen LogP contribution in [0.4, 0.5) is 0 Å². The third-order valence-corrected chi connectivity index (χ3v) is 4.23. The molecule has 2 heterocycles. The second kappa shape index (κ2) is 6.48. The maximum Gasteiger partial charge on any atom is 0.332 e. The summed E-state index contributed by atoms with van der Waals surface area (Å²) in [6.07, 6.45) is 2.29. The first kappa shape index (κ1) is 16.5. The molecule has 0 aromatic carbocycles. The van der Waals surface area contributed by atoms with E-state index in [1.165, 1.54) is 4.57 Å². The van der Waals surface area contributed by atoms with E-state index in [-0.39, 0.29) is 17.3 Å². The molecule has 0 saturated heterocycles. The van der Waals surface area contributed by atoms with Gasteiger partial charge < -0.3 is 10.3 Å². The fourth-order valence-electron chi connectivity index (χ4n) is 2.71. The molecule has 0 bridgehead atoms. The van der Waals surface area contributed by atoms with E-state index in [4.69, 9.17) is 5.73 Å². The first-order valence-corrected chi connectivity index (χ1v) is 7.88. The summed E-state index contributed by atoms with van der Waals surface area (Å²) in [5.74, 6) is 0.794. The van der Waals surface area contributed by atoms with Crippen molar-refractivity contribution in [2.75, 3.05) is 6.54 Å². The van der Waals surface area contributed by atoms with Gasteiger partial charge in [-0.2, -0.15) is 0 Å². The molecule has 122 valence electrons. The lowest BCUT2D eigenvalue weighted by Crippen LogP contribution is -2.41. The molecule has 0 aliphatic carbocycles. The van der Waals surface area contributed by atoms with E-state index in [2.05, 4.69) is 4.98 Å². The Bertz CT molecular complexity index is 784. The van der Waals surface area contributed by atoms with Crippen molar-refractivity contribution in [1.82, 2.24) is 18.7 Å². The van der Waals surface area contributed by atoms with Crippen LogP contribution in [0.5, 0.6) is 0 Å². The van der Waals surface area contributed by atoms with Gasteiger partial charge in [-0.3, -0.25) is 13.9 Å². The number of aryl methyl sites for hydroxylation is 2. The molecule has 7 nitrogen and oxygen atoms in total. The van der Waals surface area contributed by atoms with Crippen LogP contribution in [0, 0.1) is 0 Å². The SMILES string of the molecule is CCC(C)n1c(=O)n(CC)c(=O)c2c1nc(CCCN)n2C. The van der Waals surface area contributed by atoms with Gasteiger partial charge in [0.1, 0.15) is 5.82 Å². The molecule has 2 rings (SSSR count). The second-order valence-corrected chi connectivity index (χ2v) is 5.61. The number of nitrogens with zero attached hydrogens (tertiary/aromatic N) is 4. The maximum atomic E-state index is 12.6. The largest absolute Gasteiger partial charge is 0.332 e. The molecule has 0 amide bonds. The zero-order valence-corrected chi connectivity index (χ0v) is 13.8. The van der Waals surface area contributed by atoms with E-state index in [1.54, 1.807) is 16.1 Å². The Morgan fingerprint density at radius 1 is 1.27 bits per heavy atom. The molecule has 0 fully saturated rings. The first-order chi connectivity index (χ1) is 10.5. The summed E-state index contributed by atoms with van der Waals surface area (Å²) in [6.45, 7) is 6.72. The normalized spacial score (nSPS) is 13.0. The molecule has 2 aromatic rings.